The predicted octanol–water partition coefficient (Wildman–Crippen LogP) is 1.45. The number of rotatable bonds is 3. The topological polar surface area (TPSA) is 53.7 Å². The van der Waals surface area contributed by atoms with Crippen LogP contribution in [0.1, 0.15) is 23.6 Å². The van der Waals surface area contributed by atoms with E-state index in [-0.39, 0.29) is 6.04 Å². The molecule has 1 aromatic rings. The van der Waals surface area contributed by atoms with Gasteiger partial charge in [0, 0.05) is 35.6 Å². The molecule has 0 bridgehead atoms. The van der Waals surface area contributed by atoms with Crippen molar-refractivity contribution in [1.82, 2.24) is 0 Å². The van der Waals surface area contributed by atoms with E-state index in [2.05, 4.69) is 0 Å². The van der Waals surface area contributed by atoms with Crippen LogP contribution >= 0.6 is 0 Å². The fourth-order valence-corrected chi connectivity index (χ4v) is 2.92. The Bertz CT molecular complexity index is 447. The van der Waals surface area contributed by atoms with Gasteiger partial charge in [0.2, 0.25) is 0 Å². The summed E-state index contributed by atoms with van der Waals surface area (Å²) < 4.78 is 17.1. The molecule has 18 heavy (non-hydrogen) atoms. The molecule has 2 N–H and O–H groups in total. The Morgan fingerprint density at radius 3 is 2.50 bits per heavy atom. The average molecular weight is 249 g/mol. The average Bonchev–Trinajstić information content (AvgIpc) is 2.96. The van der Waals surface area contributed by atoms with Crippen molar-refractivity contribution in [3.05, 3.63) is 16.7 Å². The number of hydrogen-bond donors (Lipinski definition) is 1. The number of nitrogens with two attached hydrogens (primary N) is 1. The second-order valence-electron chi connectivity index (χ2n) is 5.01. The van der Waals surface area contributed by atoms with Gasteiger partial charge in [0.25, 0.3) is 0 Å². The van der Waals surface area contributed by atoms with E-state index in [0.29, 0.717) is 0 Å². The van der Waals surface area contributed by atoms with Crippen LogP contribution in [0.2, 0.25) is 0 Å². The molecule has 2 aliphatic heterocycles. The van der Waals surface area contributed by atoms with Gasteiger partial charge in [-0.05, 0) is 13.3 Å². The van der Waals surface area contributed by atoms with Gasteiger partial charge in [0.15, 0.2) is 11.5 Å². The normalized spacial score (nSPS) is 17.7. The molecule has 4 heteroatoms. The lowest BCUT2D eigenvalue weighted by Gasteiger charge is -2.17. The van der Waals surface area contributed by atoms with Gasteiger partial charge in [-0.3, -0.25) is 0 Å². The van der Waals surface area contributed by atoms with Crippen LogP contribution in [0.5, 0.6) is 17.2 Å². The first-order valence-corrected chi connectivity index (χ1v) is 6.48. The van der Waals surface area contributed by atoms with Gasteiger partial charge in [-0.25, -0.2) is 0 Å². The predicted molar refractivity (Wildman–Crippen MR) is 68.7 cm³/mol. The summed E-state index contributed by atoms with van der Waals surface area (Å²) in [6.07, 6.45) is 2.64. The minimum Gasteiger partial charge on any atom is -0.493 e. The van der Waals surface area contributed by atoms with Gasteiger partial charge in [-0.1, -0.05) is 0 Å². The molecule has 1 unspecified atom stereocenters. The van der Waals surface area contributed by atoms with Crippen LogP contribution in [-0.4, -0.2) is 26.4 Å². The molecule has 0 saturated heterocycles. The van der Waals surface area contributed by atoms with E-state index >= 15 is 0 Å². The fraction of sp³-hybridized carbons (Fsp3) is 0.571. The molecule has 0 amide bonds. The van der Waals surface area contributed by atoms with Crippen LogP contribution in [-0.2, 0) is 19.3 Å². The van der Waals surface area contributed by atoms with Crippen molar-refractivity contribution < 1.29 is 14.2 Å². The Hall–Kier alpha value is -1.42. The standard InChI is InChI=1S/C14H19NO3/c1-8(15)7-11-9-3-5-18-14(9)13(16-2)10-4-6-17-12(10)11/h8H,3-7,15H2,1-2H3. The fourth-order valence-electron chi connectivity index (χ4n) is 2.92. The third-order valence-electron chi connectivity index (χ3n) is 3.59. The zero-order valence-corrected chi connectivity index (χ0v) is 10.9. The van der Waals surface area contributed by atoms with Gasteiger partial charge >= 0.3 is 0 Å². The summed E-state index contributed by atoms with van der Waals surface area (Å²) in [4.78, 5) is 0. The van der Waals surface area contributed by atoms with E-state index < -0.39 is 0 Å². The van der Waals surface area contributed by atoms with Crippen LogP contribution in [0.25, 0.3) is 0 Å². The molecule has 0 radical (unpaired) electrons. The lowest BCUT2D eigenvalue weighted by Crippen LogP contribution is -2.19. The van der Waals surface area contributed by atoms with Crippen molar-refractivity contribution in [1.29, 1.82) is 0 Å². The van der Waals surface area contributed by atoms with Crippen molar-refractivity contribution in [3.63, 3.8) is 0 Å². The van der Waals surface area contributed by atoms with E-state index in [9.17, 15) is 0 Å². The summed E-state index contributed by atoms with van der Waals surface area (Å²) in [7, 11) is 1.70. The Kier molecular flexibility index (Phi) is 2.82. The SMILES string of the molecule is COc1c2c(c(CC(C)N)c3c1OCC3)OCC2. The van der Waals surface area contributed by atoms with Crippen molar-refractivity contribution in [2.45, 2.75) is 32.2 Å². The van der Waals surface area contributed by atoms with Crippen molar-refractivity contribution in [2.24, 2.45) is 5.73 Å². The summed E-state index contributed by atoms with van der Waals surface area (Å²) in [5, 5.41) is 0. The maximum Gasteiger partial charge on any atom is 0.168 e. The molecule has 4 nitrogen and oxygen atoms in total. The molecule has 0 spiro atoms. The molecule has 2 aliphatic rings. The molecule has 3 rings (SSSR count). The van der Waals surface area contributed by atoms with Crippen LogP contribution in [0.15, 0.2) is 0 Å². The highest BCUT2D eigenvalue weighted by Crippen LogP contribution is 2.49. The zero-order valence-electron chi connectivity index (χ0n) is 10.9. The minimum absolute atomic E-state index is 0.122. The highest BCUT2D eigenvalue weighted by Gasteiger charge is 2.32. The molecule has 2 heterocycles. The third kappa shape index (κ3) is 1.63. The Labute approximate surface area is 107 Å². The number of hydrogen-bond acceptors (Lipinski definition) is 4. The van der Waals surface area contributed by atoms with E-state index in [0.717, 1.165) is 55.3 Å². The van der Waals surface area contributed by atoms with E-state index in [1.54, 1.807) is 7.11 Å². The first kappa shape index (κ1) is 11.7. The van der Waals surface area contributed by atoms with Crippen LogP contribution in [0.3, 0.4) is 0 Å². The molecule has 98 valence electrons. The Morgan fingerprint density at radius 2 is 1.83 bits per heavy atom. The van der Waals surface area contributed by atoms with Gasteiger partial charge in [-0.2, -0.15) is 0 Å². The molecule has 0 saturated carbocycles. The molecule has 0 aromatic heterocycles. The largest absolute Gasteiger partial charge is 0.493 e. The first-order chi connectivity index (χ1) is 8.72. The third-order valence-corrected chi connectivity index (χ3v) is 3.59. The Morgan fingerprint density at radius 1 is 1.17 bits per heavy atom. The summed E-state index contributed by atoms with van der Waals surface area (Å²) in [5.41, 5.74) is 9.56. The minimum atomic E-state index is 0.122. The second kappa shape index (κ2) is 4.35. The summed E-state index contributed by atoms with van der Waals surface area (Å²) in [6.45, 7) is 3.47. The van der Waals surface area contributed by atoms with Gasteiger partial charge in [0.1, 0.15) is 5.75 Å². The Balaban J connectivity index is 2.20. The van der Waals surface area contributed by atoms with Gasteiger partial charge in [0.05, 0.1) is 20.3 Å². The molecule has 1 atom stereocenters. The van der Waals surface area contributed by atoms with Crippen LogP contribution in [0, 0.1) is 0 Å². The molecular formula is C14H19NO3. The maximum atomic E-state index is 5.96. The molecular weight excluding hydrogens is 230 g/mol. The highest BCUT2D eigenvalue weighted by atomic mass is 16.5. The van der Waals surface area contributed by atoms with Crippen molar-refractivity contribution in [3.8, 4) is 17.2 Å². The highest BCUT2D eigenvalue weighted by molar-refractivity contribution is 5.65. The zero-order chi connectivity index (χ0) is 12.7. The quantitative estimate of drug-likeness (QED) is 0.881. The van der Waals surface area contributed by atoms with Crippen molar-refractivity contribution >= 4 is 0 Å². The van der Waals surface area contributed by atoms with E-state index in [1.807, 2.05) is 6.92 Å². The monoisotopic (exact) mass is 249 g/mol. The summed E-state index contributed by atoms with van der Waals surface area (Å²) in [6, 6.07) is 0.122. The van der Waals surface area contributed by atoms with Crippen LogP contribution in [0.4, 0.5) is 0 Å². The molecule has 0 fully saturated rings. The van der Waals surface area contributed by atoms with Crippen LogP contribution < -0.4 is 19.9 Å². The molecule has 0 aliphatic carbocycles. The number of ether oxygens (including phenoxy) is 3. The maximum absolute atomic E-state index is 5.96. The number of fused-ring (bicyclic) bond motifs is 2. The lowest BCUT2D eigenvalue weighted by molar-refractivity contribution is 0.324. The summed E-state index contributed by atoms with van der Waals surface area (Å²) >= 11 is 0. The van der Waals surface area contributed by atoms with Crippen molar-refractivity contribution in [2.75, 3.05) is 20.3 Å². The lowest BCUT2D eigenvalue weighted by atomic mass is 9.94. The van der Waals surface area contributed by atoms with Gasteiger partial charge in [-0.15, -0.1) is 0 Å². The first-order valence-electron chi connectivity index (χ1n) is 6.48. The van der Waals surface area contributed by atoms with E-state index in [4.69, 9.17) is 19.9 Å². The van der Waals surface area contributed by atoms with Gasteiger partial charge < -0.3 is 19.9 Å². The number of benzene rings is 1. The molecule has 1 aromatic carbocycles. The number of methoxy groups -OCH3 is 1. The summed E-state index contributed by atoms with van der Waals surface area (Å²) in [5.74, 6) is 2.77. The smallest absolute Gasteiger partial charge is 0.168 e. The second-order valence-corrected chi connectivity index (χ2v) is 5.01. The van der Waals surface area contributed by atoms with E-state index in [1.165, 1.54) is 11.1 Å².